The smallest absolute Gasteiger partial charge is 0.325 e. The second kappa shape index (κ2) is 11.1. The molecule has 0 saturated carbocycles. The molecule has 1 fully saturated rings. The van der Waals surface area contributed by atoms with E-state index < -0.39 is 23.9 Å². The standard InChI is InChI=1S/C21H20ClF3N4O4S/c1-34-14-3-4-16(28-18(30)12-6-8-26-9-7-12)15(10-14)19(31)29(33-20(32)21(23,24)25)17-5-2-13(22)11-27-17/h2-5,10-12,26H,6-9H2,1H3,(H,28,30). The molecule has 1 saturated heterocycles. The van der Waals surface area contributed by atoms with Gasteiger partial charge in [-0.15, -0.1) is 16.8 Å². The second-order valence-corrected chi connectivity index (χ2v) is 8.55. The molecule has 3 rings (SSSR count). The Morgan fingerprint density at radius 3 is 2.50 bits per heavy atom. The van der Waals surface area contributed by atoms with Gasteiger partial charge in [0.2, 0.25) is 5.91 Å². The number of pyridine rings is 1. The molecule has 182 valence electrons. The van der Waals surface area contributed by atoms with Crippen LogP contribution in [0.4, 0.5) is 24.7 Å². The summed E-state index contributed by atoms with van der Waals surface area (Å²) < 4.78 is 38.7. The quantitative estimate of drug-likeness (QED) is 0.456. The highest BCUT2D eigenvalue weighted by atomic mass is 35.5. The summed E-state index contributed by atoms with van der Waals surface area (Å²) >= 11 is 7.05. The van der Waals surface area contributed by atoms with E-state index >= 15 is 0 Å². The summed E-state index contributed by atoms with van der Waals surface area (Å²) in [4.78, 5) is 46.5. The van der Waals surface area contributed by atoms with E-state index in [4.69, 9.17) is 11.6 Å². The molecule has 1 aliphatic rings. The van der Waals surface area contributed by atoms with Gasteiger partial charge in [0.05, 0.1) is 16.3 Å². The first kappa shape index (κ1) is 25.8. The number of anilines is 2. The predicted octanol–water partition coefficient (Wildman–Crippen LogP) is 4.06. The minimum absolute atomic E-state index is 0.0633. The van der Waals surface area contributed by atoms with Crippen molar-refractivity contribution in [1.29, 1.82) is 0 Å². The molecule has 0 bridgehead atoms. The monoisotopic (exact) mass is 516 g/mol. The van der Waals surface area contributed by atoms with Crippen molar-refractivity contribution in [2.75, 3.05) is 29.7 Å². The van der Waals surface area contributed by atoms with Crippen molar-refractivity contribution in [3.8, 4) is 0 Å². The van der Waals surface area contributed by atoms with Crippen LogP contribution < -0.4 is 15.7 Å². The van der Waals surface area contributed by atoms with E-state index in [-0.39, 0.29) is 33.2 Å². The number of aromatic nitrogens is 1. The molecule has 1 aromatic heterocycles. The van der Waals surface area contributed by atoms with Gasteiger partial charge in [0, 0.05) is 17.0 Å². The van der Waals surface area contributed by atoms with E-state index in [1.807, 2.05) is 0 Å². The second-order valence-electron chi connectivity index (χ2n) is 7.24. The lowest BCUT2D eigenvalue weighted by Crippen LogP contribution is -2.40. The minimum atomic E-state index is -5.36. The van der Waals surface area contributed by atoms with Crippen LogP contribution in [0.15, 0.2) is 41.4 Å². The number of piperidine rings is 1. The molecular formula is C21H20ClF3N4O4S. The number of nitrogens with one attached hydrogen (secondary N) is 2. The summed E-state index contributed by atoms with van der Waals surface area (Å²) in [5.74, 6) is -4.77. The van der Waals surface area contributed by atoms with Crippen molar-refractivity contribution in [3.63, 3.8) is 0 Å². The average molecular weight is 517 g/mol. The highest BCUT2D eigenvalue weighted by Crippen LogP contribution is 2.29. The molecule has 13 heteroatoms. The van der Waals surface area contributed by atoms with Crippen LogP contribution >= 0.6 is 23.4 Å². The Hall–Kier alpha value is -2.83. The van der Waals surface area contributed by atoms with Crippen molar-refractivity contribution in [2.45, 2.75) is 23.9 Å². The van der Waals surface area contributed by atoms with Crippen LogP contribution in [0.2, 0.25) is 5.02 Å². The third kappa shape index (κ3) is 6.39. The Bertz CT molecular complexity index is 1060. The lowest BCUT2D eigenvalue weighted by Gasteiger charge is -2.24. The van der Waals surface area contributed by atoms with Crippen LogP contribution in [0.1, 0.15) is 23.2 Å². The lowest BCUT2D eigenvalue weighted by molar-refractivity contribution is -0.200. The van der Waals surface area contributed by atoms with E-state index in [0.717, 1.165) is 12.3 Å². The predicted molar refractivity (Wildman–Crippen MR) is 121 cm³/mol. The fourth-order valence-electron chi connectivity index (χ4n) is 3.18. The average Bonchev–Trinajstić information content (AvgIpc) is 2.82. The molecule has 34 heavy (non-hydrogen) atoms. The van der Waals surface area contributed by atoms with Gasteiger partial charge < -0.3 is 15.5 Å². The van der Waals surface area contributed by atoms with Crippen LogP contribution in [0.5, 0.6) is 0 Å². The Labute approximate surface area is 202 Å². The van der Waals surface area contributed by atoms with Gasteiger partial charge in [0.1, 0.15) is 0 Å². The number of rotatable bonds is 5. The van der Waals surface area contributed by atoms with Gasteiger partial charge in [-0.05, 0) is 62.5 Å². The van der Waals surface area contributed by atoms with Crippen LogP contribution in [-0.2, 0) is 14.4 Å². The number of alkyl halides is 3. The minimum Gasteiger partial charge on any atom is -0.325 e. The van der Waals surface area contributed by atoms with E-state index in [2.05, 4.69) is 20.5 Å². The Morgan fingerprint density at radius 2 is 1.91 bits per heavy atom. The van der Waals surface area contributed by atoms with Gasteiger partial charge in [0.15, 0.2) is 5.82 Å². The summed E-state index contributed by atoms with van der Waals surface area (Å²) in [7, 11) is 0. The SMILES string of the molecule is CSc1ccc(NC(=O)C2CCNCC2)c(C(=O)N(OC(=O)C(F)(F)F)c2ccc(Cl)cn2)c1. The van der Waals surface area contributed by atoms with Gasteiger partial charge in [-0.2, -0.15) is 13.2 Å². The maximum absolute atomic E-state index is 13.4. The summed E-state index contributed by atoms with van der Waals surface area (Å²) in [5.41, 5.74) is -0.116. The third-order valence-corrected chi connectivity index (χ3v) is 5.88. The number of carbonyl (C=O) groups excluding carboxylic acids is 3. The summed E-state index contributed by atoms with van der Waals surface area (Å²) in [5, 5.41) is 6.11. The van der Waals surface area contributed by atoms with Crippen molar-refractivity contribution in [3.05, 3.63) is 47.1 Å². The van der Waals surface area contributed by atoms with E-state index in [0.29, 0.717) is 30.8 Å². The van der Waals surface area contributed by atoms with Crippen LogP contribution in [0.3, 0.4) is 0 Å². The number of thioether (sulfide) groups is 1. The zero-order valence-electron chi connectivity index (χ0n) is 17.8. The highest BCUT2D eigenvalue weighted by molar-refractivity contribution is 7.98. The highest BCUT2D eigenvalue weighted by Gasteiger charge is 2.44. The maximum atomic E-state index is 13.4. The van der Waals surface area contributed by atoms with Crippen molar-refractivity contribution in [2.24, 2.45) is 5.92 Å². The van der Waals surface area contributed by atoms with Crippen LogP contribution in [0, 0.1) is 5.92 Å². The van der Waals surface area contributed by atoms with Gasteiger partial charge in [-0.1, -0.05) is 11.6 Å². The zero-order chi connectivity index (χ0) is 24.9. The first-order valence-electron chi connectivity index (χ1n) is 10.0. The van der Waals surface area contributed by atoms with Gasteiger partial charge in [0.25, 0.3) is 5.91 Å². The van der Waals surface area contributed by atoms with Gasteiger partial charge in [-0.3, -0.25) is 9.59 Å². The number of carbonyl (C=O) groups is 3. The molecule has 0 aliphatic carbocycles. The largest absolute Gasteiger partial charge is 0.493 e. The van der Waals surface area contributed by atoms with Crippen molar-refractivity contribution in [1.82, 2.24) is 10.3 Å². The van der Waals surface area contributed by atoms with Crippen LogP contribution in [0.25, 0.3) is 0 Å². The molecule has 8 nitrogen and oxygen atoms in total. The third-order valence-electron chi connectivity index (χ3n) is 4.93. The van der Waals surface area contributed by atoms with Gasteiger partial charge in [-0.25, -0.2) is 9.78 Å². The molecule has 1 aromatic carbocycles. The molecule has 0 radical (unpaired) electrons. The first-order chi connectivity index (χ1) is 16.1. The first-order valence-corrected chi connectivity index (χ1v) is 11.6. The molecule has 2 aromatic rings. The fourth-order valence-corrected chi connectivity index (χ4v) is 3.73. The van der Waals surface area contributed by atoms with E-state index in [1.54, 1.807) is 12.3 Å². The number of benzene rings is 1. The molecule has 2 N–H and O–H groups in total. The Balaban J connectivity index is 1.98. The fraction of sp³-hybridized carbons (Fsp3) is 0.333. The normalized spacial score (nSPS) is 14.4. The molecular weight excluding hydrogens is 497 g/mol. The Morgan fingerprint density at radius 1 is 1.21 bits per heavy atom. The number of hydrogen-bond donors (Lipinski definition) is 2. The van der Waals surface area contributed by atoms with Crippen molar-refractivity contribution >= 4 is 52.7 Å². The number of hydrogen-bond acceptors (Lipinski definition) is 7. The topological polar surface area (TPSA) is 101 Å². The molecule has 1 aliphatic heterocycles. The number of halogens is 4. The van der Waals surface area contributed by atoms with Gasteiger partial charge >= 0.3 is 12.1 Å². The van der Waals surface area contributed by atoms with Crippen molar-refractivity contribution < 1.29 is 32.4 Å². The van der Waals surface area contributed by atoms with E-state index in [9.17, 15) is 27.6 Å². The zero-order valence-corrected chi connectivity index (χ0v) is 19.4. The lowest BCUT2D eigenvalue weighted by atomic mass is 9.97. The molecule has 0 unspecified atom stereocenters. The Kier molecular flexibility index (Phi) is 8.39. The summed E-state index contributed by atoms with van der Waals surface area (Å²) in [6.07, 6.45) is -1.35. The van der Waals surface area contributed by atoms with Crippen LogP contribution in [-0.4, -0.2) is 48.3 Å². The maximum Gasteiger partial charge on any atom is 0.493 e. The summed E-state index contributed by atoms with van der Waals surface area (Å²) in [6, 6.07) is 6.89. The number of hydroxylamine groups is 1. The molecule has 0 spiro atoms. The number of nitrogens with zero attached hydrogens (tertiary/aromatic N) is 2. The summed E-state index contributed by atoms with van der Waals surface area (Å²) in [6.45, 7) is 1.33. The number of amides is 2. The molecule has 0 atom stereocenters. The van der Waals surface area contributed by atoms with E-state index in [1.165, 1.54) is 30.0 Å². The molecule has 2 amide bonds. The molecule has 2 heterocycles.